The van der Waals surface area contributed by atoms with Crippen molar-refractivity contribution in [3.05, 3.63) is 65.9 Å². The molecule has 1 heterocycles. The Hall–Kier alpha value is -2.89. The maximum atomic E-state index is 13.6. The number of benzene rings is 2. The van der Waals surface area contributed by atoms with Gasteiger partial charge in [-0.2, -0.15) is 0 Å². The molecule has 1 aromatic heterocycles. The van der Waals surface area contributed by atoms with Crippen LogP contribution in [0.2, 0.25) is 0 Å². The number of aromatic nitrogens is 1. The molecule has 124 valence electrons. The van der Waals surface area contributed by atoms with Gasteiger partial charge in [-0.3, -0.25) is 4.79 Å². The van der Waals surface area contributed by atoms with Gasteiger partial charge in [0.05, 0.1) is 6.61 Å². The molecule has 0 unspecified atom stereocenters. The fourth-order valence-corrected chi connectivity index (χ4v) is 2.33. The summed E-state index contributed by atoms with van der Waals surface area (Å²) in [4.78, 5) is 14.9. The largest absolute Gasteiger partial charge is 0.494 e. The molecule has 0 bridgehead atoms. The standard InChI is InChI=1S/C18H16F2N2O2/c19-12-5-7-13(8-6-12)24-10-2-9-21-18(23)17-11-14-15(20)3-1-4-16(14)22-17/h1,3-8,11,22H,2,9-10H2,(H,21,23). The molecular formula is C18H16F2N2O2. The third-order valence-corrected chi connectivity index (χ3v) is 3.54. The highest BCUT2D eigenvalue weighted by atomic mass is 19.1. The van der Waals surface area contributed by atoms with Crippen molar-refractivity contribution in [2.45, 2.75) is 6.42 Å². The van der Waals surface area contributed by atoms with E-state index in [1.807, 2.05) is 0 Å². The Kier molecular flexibility index (Phi) is 4.74. The highest BCUT2D eigenvalue weighted by molar-refractivity contribution is 5.98. The zero-order valence-corrected chi connectivity index (χ0v) is 12.8. The Morgan fingerprint density at radius 3 is 2.67 bits per heavy atom. The Morgan fingerprint density at radius 1 is 1.12 bits per heavy atom. The van der Waals surface area contributed by atoms with Gasteiger partial charge in [-0.25, -0.2) is 8.78 Å². The second kappa shape index (κ2) is 7.12. The van der Waals surface area contributed by atoms with E-state index in [-0.39, 0.29) is 17.5 Å². The highest BCUT2D eigenvalue weighted by Crippen LogP contribution is 2.18. The van der Waals surface area contributed by atoms with Crippen molar-refractivity contribution >= 4 is 16.8 Å². The molecule has 4 nitrogen and oxygen atoms in total. The molecule has 0 fully saturated rings. The van der Waals surface area contributed by atoms with Crippen LogP contribution < -0.4 is 10.1 Å². The van der Waals surface area contributed by atoms with Gasteiger partial charge < -0.3 is 15.0 Å². The molecule has 0 aliphatic heterocycles. The van der Waals surface area contributed by atoms with E-state index in [2.05, 4.69) is 10.3 Å². The molecule has 0 atom stereocenters. The first-order valence-electron chi connectivity index (χ1n) is 7.57. The molecule has 1 amide bonds. The smallest absolute Gasteiger partial charge is 0.267 e. The van der Waals surface area contributed by atoms with Crippen LogP contribution in [0.1, 0.15) is 16.9 Å². The number of fused-ring (bicyclic) bond motifs is 1. The summed E-state index contributed by atoms with van der Waals surface area (Å²) in [6.45, 7) is 0.811. The Bertz CT molecular complexity index is 844. The molecule has 6 heteroatoms. The van der Waals surface area contributed by atoms with Gasteiger partial charge in [0.15, 0.2) is 0 Å². The average Bonchev–Trinajstić information content (AvgIpc) is 3.02. The fraction of sp³-hybridized carbons (Fsp3) is 0.167. The van der Waals surface area contributed by atoms with E-state index >= 15 is 0 Å². The van der Waals surface area contributed by atoms with Crippen LogP contribution in [0, 0.1) is 11.6 Å². The Labute approximate surface area is 137 Å². The van der Waals surface area contributed by atoms with Gasteiger partial charge in [-0.1, -0.05) is 6.07 Å². The van der Waals surface area contributed by atoms with Crippen LogP contribution in [0.4, 0.5) is 8.78 Å². The number of ether oxygens (including phenoxy) is 1. The van der Waals surface area contributed by atoms with E-state index in [1.54, 1.807) is 24.3 Å². The molecule has 0 spiro atoms. The number of nitrogens with one attached hydrogen (secondary N) is 2. The molecule has 3 rings (SSSR count). The second-order valence-electron chi connectivity index (χ2n) is 5.30. The summed E-state index contributed by atoms with van der Waals surface area (Å²) in [7, 11) is 0. The number of carbonyl (C=O) groups is 1. The molecule has 0 saturated heterocycles. The number of rotatable bonds is 6. The number of H-pyrrole nitrogens is 1. The summed E-state index contributed by atoms with van der Waals surface area (Å²) in [6.07, 6.45) is 0.595. The third kappa shape index (κ3) is 3.71. The van der Waals surface area contributed by atoms with Crippen LogP contribution >= 0.6 is 0 Å². The van der Waals surface area contributed by atoms with Crippen molar-refractivity contribution in [3.8, 4) is 5.75 Å². The van der Waals surface area contributed by atoms with E-state index in [0.29, 0.717) is 41.9 Å². The van der Waals surface area contributed by atoms with Crippen LogP contribution in [-0.2, 0) is 0 Å². The summed E-state index contributed by atoms with van der Waals surface area (Å²) in [5.41, 5.74) is 0.898. The van der Waals surface area contributed by atoms with E-state index in [0.717, 1.165) is 0 Å². The van der Waals surface area contributed by atoms with Gasteiger partial charge in [0.1, 0.15) is 23.1 Å². The lowest BCUT2D eigenvalue weighted by molar-refractivity contribution is 0.0947. The minimum absolute atomic E-state index is 0.299. The number of carbonyl (C=O) groups excluding carboxylic acids is 1. The number of halogens is 2. The monoisotopic (exact) mass is 330 g/mol. The first-order chi connectivity index (χ1) is 11.6. The minimum atomic E-state index is -0.365. The van der Waals surface area contributed by atoms with Crippen molar-refractivity contribution < 1.29 is 18.3 Å². The van der Waals surface area contributed by atoms with Crippen LogP contribution in [0.15, 0.2) is 48.5 Å². The van der Waals surface area contributed by atoms with Gasteiger partial charge in [-0.15, -0.1) is 0 Å². The molecule has 2 N–H and O–H groups in total. The molecule has 2 aromatic carbocycles. The number of hydrogen-bond acceptors (Lipinski definition) is 2. The first kappa shape index (κ1) is 16.0. The van der Waals surface area contributed by atoms with Crippen molar-refractivity contribution in [3.63, 3.8) is 0 Å². The quantitative estimate of drug-likeness (QED) is 0.678. The predicted octanol–water partition coefficient (Wildman–Crippen LogP) is 3.65. The van der Waals surface area contributed by atoms with Crippen LogP contribution in [0.5, 0.6) is 5.75 Å². The van der Waals surface area contributed by atoms with Crippen LogP contribution in [-0.4, -0.2) is 24.0 Å². The highest BCUT2D eigenvalue weighted by Gasteiger charge is 2.11. The lowest BCUT2D eigenvalue weighted by atomic mass is 10.2. The molecule has 3 aromatic rings. The number of hydrogen-bond donors (Lipinski definition) is 2. The van der Waals surface area contributed by atoms with Crippen molar-refractivity contribution in [2.75, 3.05) is 13.2 Å². The summed E-state index contributed by atoms with van der Waals surface area (Å²) in [6, 6.07) is 11.9. The van der Waals surface area contributed by atoms with Crippen LogP contribution in [0.3, 0.4) is 0 Å². The maximum absolute atomic E-state index is 13.6. The fourth-order valence-electron chi connectivity index (χ4n) is 2.33. The van der Waals surface area contributed by atoms with Crippen molar-refractivity contribution in [2.24, 2.45) is 0 Å². The zero-order valence-electron chi connectivity index (χ0n) is 12.8. The molecule has 0 aliphatic carbocycles. The predicted molar refractivity (Wildman–Crippen MR) is 87.1 cm³/mol. The second-order valence-corrected chi connectivity index (χ2v) is 5.30. The van der Waals surface area contributed by atoms with Gasteiger partial charge in [0.2, 0.25) is 0 Å². The number of amides is 1. The van der Waals surface area contributed by atoms with Crippen LogP contribution in [0.25, 0.3) is 10.9 Å². The van der Waals surface area contributed by atoms with Gasteiger partial charge in [0, 0.05) is 17.4 Å². The Balaban J connectivity index is 1.46. The summed E-state index contributed by atoms with van der Waals surface area (Å²) >= 11 is 0. The SMILES string of the molecule is O=C(NCCCOc1ccc(F)cc1)c1cc2c(F)cccc2[nH]1. The topological polar surface area (TPSA) is 54.1 Å². The molecule has 0 aliphatic rings. The van der Waals surface area contributed by atoms with E-state index in [9.17, 15) is 13.6 Å². The lowest BCUT2D eigenvalue weighted by Gasteiger charge is -2.06. The van der Waals surface area contributed by atoms with Gasteiger partial charge in [-0.05, 0) is 48.9 Å². The average molecular weight is 330 g/mol. The minimum Gasteiger partial charge on any atom is -0.494 e. The van der Waals surface area contributed by atoms with E-state index in [4.69, 9.17) is 4.74 Å². The Morgan fingerprint density at radius 2 is 1.92 bits per heavy atom. The molecular weight excluding hydrogens is 314 g/mol. The van der Waals surface area contributed by atoms with Gasteiger partial charge >= 0.3 is 0 Å². The number of aromatic amines is 1. The summed E-state index contributed by atoms with van der Waals surface area (Å²) in [5.74, 6) is -0.402. The van der Waals surface area contributed by atoms with E-state index in [1.165, 1.54) is 24.3 Å². The molecule has 0 radical (unpaired) electrons. The lowest BCUT2D eigenvalue weighted by Crippen LogP contribution is -2.25. The van der Waals surface area contributed by atoms with Crippen molar-refractivity contribution in [1.82, 2.24) is 10.3 Å². The first-order valence-corrected chi connectivity index (χ1v) is 7.57. The summed E-state index contributed by atoms with van der Waals surface area (Å²) in [5, 5.41) is 3.13. The molecule has 24 heavy (non-hydrogen) atoms. The van der Waals surface area contributed by atoms with Crippen molar-refractivity contribution in [1.29, 1.82) is 0 Å². The van der Waals surface area contributed by atoms with E-state index < -0.39 is 0 Å². The zero-order chi connectivity index (χ0) is 16.9. The third-order valence-electron chi connectivity index (χ3n) is 3.54. The van der Waals surface area contributed by atoms with Gasteiger partial charge in [0.25, 0.3) is 5.91 Å². The maximum Gasteiger partial charge on any atom is 0.267 e. The normalized spacial score (nSPS) is 10.8. The summed E-state index contributed by atoms with van der Waals surface area (Å²) < 4.78 is 31.8. The molecule has 0 saturated carbocycles.